The molecule has 0 nitrogen and oxygen atoms in total. The maximum absolute atomic E-state index is 5.95. The minimum atomic E-state index is 0.341. The zero-order chi connectivity index (χ0) is 13.7. The smallest absolute Gasteiger partial charge is 0.0406 e. The quantitative estimate of drug-likeness (QED) is 0.581. The van der Waals surface area contributed by atoms with Gasteiger partial charge in [0.1, 0.15) is 0 Å². The van der Waals surface area contributed by atoms with Crippen molar-refractivity contribution in [3.05, 3.63) is 69.7 Å². The highest BCUT2D eigenvalue weighted by Crippen LogP contribution is 2.31. The van der Waals surface area contributed by atoms with Crippen LogP contribution in [-0.2, 0) is 0 Å². The summed E-state index contributed by atoms with van der Waals surface area (Å²) < 4.78 is 0. The van der Waals surface area contributed by atoms with Crippen LogP contribution in [0.5, 0.6) is 0 Å². The molecule has 0 aromatic heterocycles. The van der Waals surface area contributed by atoms with E-state index in [0.717, 1.165) is 22.9 Å². The maximum atomic E-state index is 5.95. The molecule has 0 aliphatic rings. The number of benzene rings is 2. The van der Waals surface area contributed by atoms with E-state index in [1.807, 2.05) is 24.3 Å². The molecule has 2 aromatic carbocycles. The Morgan fingerprint density at radius 3 is 1.53 bits per heavy atom. The van der Waals surface area contributed by atoms with Crippen molar-refractivity contribution >= 4 is 34.8 Å². The Morgan fingerprint density at radius 1 is 0.737 bits per heavy atom. The van der Waals surface area contributed by atoms with Crippen molar-refractivity contribution in [1.29, 1.82) is 0 Å². The van der Waals surface area contributed by atoms with E-state index < -0.39 is 0 Å². The monoisotopic (exact) mass is 312 g/mol. The molecule has 0 spiro atoms. The summed E-state index contributed by atoms with van der Waals surface area (Å²) in [5, 5.41) is 1.52. The molecule has 0 aliphatic carbocycles. The highest BCUT2D eigenvalue weighted by atomic mass is 35.5. The average Bonchev–Trinajstić information content (AvgIpc) is 2.43. The average molecular weight is 314 g/mol. The topological polar surface area (TPSA) is 0 Å². The predicted molar refractivity (Wildman–Crippen MR) is 84.7 cm³/mol. The molecule has 0 aliphatic heterocycles. The lowest BCUT2D eigenvalue weighted by molar-refractivity contribution is 0.701. The molecule has 0 saturated carbocycles. The van der Waals surface area contributed by atoms with Crippen molar-refractivity contribution in [2.75, 3.05) is 5.88 Å². The Balaban J connectivity index is 2.29. The van der Waals surface area contributed by atoms with Crippen molar-refractivity contribution in [3.8, 4) is 0 Å². The lowest BCUT2D eigenvalue weighted by atomic mass is 9.88. The van der Waals surface area contributed by atoms with Gasteiger partial charge >= 0.3 is 0 Å². The van der Waals surface area contributed by atoms with Crippen LogP contribution in [-0.4, -0.2) is 5.88 Å². The highest BCUT2D eigenvalue weighted by Gasteiger charge is 2.13. The van der Waals surface area contributed by atoms with Crippen LogP contribution < -0.4 is 0 Å². The zero-order valence-corrected chi connectivity index (χ0v) is 12.7. The third-order valence-corrected chi connectivity index (χ3v) is 3.94. The second kappa shape index (κ2) is 7.19. The van der Waals surface area contributed by atoms with Crippen LogP contribution in [0.1, 0.15) is 29.9 Å². The van der Waals surface area contributed by atoms with Gasteiger partial charge in [0, 0.05) is 21.8 Å². The fourth-order valence-corrected chi connectivity index (χ4v) is 2.60. The summed E-state index contributed by atoms with van der Waals surface area (Å²) in [7, 11) is 0. The van der Waals surface area contributed by atoms with Gasteiger partial charge in [0.05, 0.1) is 0 Å². The van der Waals surface area contributed by atoms with E-state index in [1.54, 1.807) is 0 Å². The summed E-state index contributed by atoms with van der Waals surface area (Å²) in [6.07, 6.45) is 2.00. The fraction of sp³-hybridized carbons (Fsp3) is 0.250. The van der Waals surface area contributed by atoms with Gasteiger partial charge in [-0.3, -0.25) is 0 Å². The Hall–Kier alpha value is -0.690. The van der Waals surface area contributed by atoms with E-state index in [4.69, 9.17) is 34.8 Å². The van der Waals surface area contributed by atoms with Gasteiger partial charge < -0.3 is 0 Å². The Labute approximate surface area is 129 Å². The fourth-order valence-electron chi connectivity index (χ4n) is 2.20. The number of hydrogen-bond acceptors (Lipinski definition) is 0. The molecule has 0 atom stereocenters. The molecule has 100 valence electrons. The summed E-state index contributed by atoms with van der Waals surface area (Å²) in [6.45, 7) is 0. The highest BCUT2D eigenvalue weighted by molar-refractivity contribution is 6.30. The molecule has 0 amide bonds. The van der Waals surface area contributed by atoms with Crippen LogP contribution in [0.2, 0.25) is 10.0 Å². The van der Waals surface area contributed by atoms with Gasteiger partial charge in [0.25, 0.3) is 0 Å². The van der Waals surface area contributed by atoms with Crippen LogP contribution in [0.25, 0.3) is 0 Å². The zero-order valence-electron chi connectivity index (χ0n) is 10.5. The summed E-state index contributed by atoms with van der Waals surface area (Å²) in [5.41, 5.74) is 2.52. The second-order valence-corrected chi connectivity index (χ2v) is 5.74. The Morgan fingerprint density at radius 2 is 1.16 bits per heavy atom. The van der Waals surface area contributed by atoms with Crippen LogP contribution in [0.15, 0.2) is 48.5 Å². The first-order valence-corrected chi connectivity index (χ1v) is 7.56. The van der Waals surface area contributed by atoms with Gasteiger partial charge in [-0.15, -0.1) is 11.6 Å². The largest absolute Gasteiger partial charge is 0.127 e. The van der Waals surface area contributed by atoms with Gasteiger partial charge in [0.15, 0.2) is 0 Å². The summed E-state index contributed by atoms with van der Waals surface area (Å²) in [5.74, 6) is 1.02. The van der Waals surface area contributed by atoms with Crippen molar-refractivity contribution in [3.63, 3.8) is 0 Å². The molecule has 0 heterocycles. The van der Waals surface area contributed by atoms with E-state index >= 15 is 0 Å². The Bertz CT molecular complexity index is 457. The second-order valence-electron chi connectivity index (χ2n) is 4.49. The maximum Gasteiger partial charge on any atom is 0.0406 e. The van der Waals surface area contributed by atoms with E-state index in [9.17, 15) is 0 Å². The van der Waals surface area contributed by atoms with Gasteiger partial charge in [-0.2, -0.15) is 0 Å². The standard InChI is InChI=1S/C16H15Cl3/c17-11-1-2-16(12-3-7-14(18)8-4-12)13-5-9-15(19)10-6-13/h3-10,16H,1-2,11H2. The van der Waals surface area contributed by atoms with Gasteiger partial charge in [-0.1, -0.05) is 47.5 Å². The molecule has 0 radical (unpaired) electrons. The Kier molecular flexibility index (Phi) is 5.57. The third kappa shape index (κ3) is 4.14. The molecule has 0 fully saturated rings. The van der Waals surface area contributed by atoms with E-state index in [2.05, 4.69) is 24.3 Å². The predicted octanol–water partition coefficient (Wildman–Crippen LogP) is 6.14. The van der Waals surface area contributed by atoms with Crippen LogP contribution in [0.3, 0.4) is 0 Å². The SMILES string of the molecule is ClCCCC(c1ccc(Cl)cc1)c1ccc(Cl)cc1. The molecular formula is C16H15Cl3. The number of hydrogen-bond donors (Lipinski definition) is 0. The molecule has 0 N–H and O–H groups in total. The van der Waals surface area contributed by atoms with E-state index in [1.165, 1.54) is 11.1 Å². The molecule has 0 saturated heterocycles. The van der Waals surface area contributed by atoms with Gasteiger partial charge in [-0.25, -0.2) is 0 Å². The lowest BCUT2D eigenvalue weighted by Crippen LogP contribution is -2.01. The van der Waals surface area contributed by atoms with Gasteiger partial charge in [-0.05, 0) is 48.2 Å². The molecule has 3 heteroatoms. The van der Waals surface area contributed by atoms with Crippen LogP contribution in [0, 0.1) is 0 Å². The molecule has 19 heavy (non-hydrogen) atoms. The van der Waals surface area contributed by atoms with Crippen LogP contribution in [0.4, 0.5) is 0 Å². The lowest BCUT2D eigenvalue weighted by Gasteiger charge is -2.18. The number of rotatable bonds is 5. The first kappa shape index (κ1) is 14.7. The summed E-state index contributed by atoms with van der Waals surface area (Å²) >= 11 is 17.7. The van der Waals surface area contributed by atoms with Crippen molar-refractivity contribution in [1.82, 2.24) is 0 Å². The normalized spacial score (nSPS) is 10.9. The van der Waals surface area contributed by atoms with E-state index in [0.29, 0.717) is 11.8 Å². The molecule has 0 unspecified atom stereocenters. The first-order valence-electron chi connectivity index (χ1n) is 6.27. The molecule has 2 aromatic rings. The minimum absolute atomic E-state index is 0.341. The first-order chi connectivity index (χ1) is 9.20. The third-order valence-electron chi connectivity index (χ3n) is 3.17. The van der Waals surface area contributed by atoms with Crippen LogP contribution >= 0.6 is 34.8 Å². The van der Waals surface area contributed by atoms with Crippen molar-refractivity contribution in [2.45, 2.75) is 18.8 Å². The minimum Gasteiger partial charge on any atom is -0.127 e. The molecule has 0 bridgehead atoms. The number of alkyl halides is 1. The van der Waals surface area contributed by atoms with Crippen molar-refractivity contribution < 1.29 is 0 Å². The van der Waals surface area contributed by atoms with Gasteiger partial charge in [0.2, 0.25) is 0 Å². The van der Waals surface area contributed by atoms with Crippen molar-refractivity contribution in [2.24, 2.45) is 0 Å². The summed E-state index contributed by atoms with van der Waals surface area (Å²) in [6, 6.07) is 16.0. The summed E-state index contributed by atoms with van der Waals surface area (Å²) in [4.78, 5) is 0. The molecule has 2 rings (SSSR count). The molecular weight excluding hydrogens is 299 g/mol. The van der Waals surface area contributed by atoms with E-state index in [-0.39, 0.29) is 0 Å². The number of halogens is 3.